The van der Waals surface area contributed by atoms with E-state index < -0.39 is 23.8 Å². The number of nitrogens with one attached hydrogen (secondary N) is 1. The number of carbonyl (C=O) groups excluding carboxylic acids is 3. The number of ether oxygens (including phenoxy) is 2. The first-order chi connectivity index (χ1) is 17.7. The number of anilines is 2. The van der Waals surface area contributed by atoms with E-state index in [1.165, 1.54) is 31.5 Å². The van der Waals surface area contributed by atoms with Gasteiger partial charge in [-0.1, -0.05) is 13.8 Å². The number of primary amides is 1. The summed E-state index contributed by atoms with van der Waals surface area (Å²) in [6.45, 7) is 4.51. The number of amides is 3. The summed E-state index contributed by atoms with van der Waals surface area (Å²) in [6, 6.07) is 7.01. The molecule has 0 bridgehead atoms. The number of aromatic nitrogens is 2. The van der Waals surface area contributed by atoms with Gasteiger partial charge in [-0.2, -0.15) is 4.37 Å². The molecule has 1 aromatic carbocycles. The molecule has 0 spiro atoms. The van der Waals surface area contributed by atoms with E-state index >= 15 is 0 Å². The number of hydrogen-bond acceptors (Lipinski definition) is 9. The van der Waals surface area contributed by atoms with Gasteiger partial charge in [0.1, 0.15) is 22.4 Å². The van der Waals surface area contributed by atoms with Crippen molar-refractivity contribution in [2.45, 2.75) is 26.3 Å². The zero-order valence-corrected chi connectivity index (χ0v) is 21.9. The molecule has 0 aliphatic rings. The van der Waals surface area contributed by atoms with Crippen molar-refractivity contribution in [3.8, 4) is 11.5 Å². The largest absolute Gasteiger partial charge is 0.497 e. The van der Waals surface area contributed by atoms with Crippen LogP contribution in [0.3, 0.4) is 0 Å². The van der Waals surface area contributed by atoms with Crippen LogP contribution in [-0.2, 0) is 4.79 Å². The van der Waals surface area contributed by atoms with Crippen LogP contribution >= 0.6 is 11.5 Å². The summed E-state index contributed by atoms with van der Waals surface area (Å²) in [5.41, 5.74) is 11.9. The molecule has 1 unspecified atom stereocenters. The Balaban J connectivity index is 2.22. The highest BCUT2D eigenvalue weighted by atomic mass is 32.1. The molecule has 0 saturated heterocycles. The minimum atomic E-state index is -1.14. The van der Waals surface area contributed by atoms with E-state index in [9.17, 15) is 14.4 Å². The van der Waals surface area contributed by atoms with Crippen molar-refractivity contribution >= 4 is 40.6 Å². The Labute approximate surface area is 218 Å². The molecule has 0 radical (unpaired) electrons. The Morgan fingerprint density at radius 2 is 1.81 bits per heavy atom. The fourth-order valence-corrected chi connectivity index (χ4v) is 4.37. The van der Waals surface area contributed by atoms with E-state index in [4.69, 9.17) is 20.9 Å². The van der Waals surface area contributed by atoms with Gasteiger partial charge in [-0.05, 0) is 53.7 Å². The third-order valence-corrected chi connectivity index (χ3v) is 6.42. The standard InChI is InChI=1S/C25H30N6O5S/c1-14(2)7-12-29-24(33)21(15-8-10-28-11-9-15)31(17-6-5-16(35-3)13-18(17)36-4)25(34)22-19(26)20(23(27)32)30-37-22/h5-6,8-11,13-14,21H,7,12,26H2,1-4H3,(H2,27,32)(H,29,33). The van der Waals surface area contributed by atoms with Crippen molar-refractivity contribution in [3.05, 3.63) is 58.9 Å². The van der Waals surface area contributed by atoms with Gasteiger partial charge in [-0.25, -0.2) is 0 Å². The van der Waals surface area contributed by atoms with Crippen LogP contribution in [0.25, 0.3) is 0 Å². The van der Waals surface area contributed by atoms with Crippen molar-refractivity contribution in [2.75, 3.05) is 31.4 Å². The smallest absolute Gasteiger partial charge is 0.273 e. The Morgan fingerprint density at radius 3 is 2.38 bits per heavy atom. The molecule has 0 aliphatic heterocycles. The topological polar surface area (TPSA) is 163 Å². The van der Waals surface area contributed by atoms with Crippen molar-refractivity contribution in [1.82, 2.24) is 14.7 Å². The normalized spacial score (nSPS) is 11.6. The van der Waals surface area contributed by atoms with Crippen LogP contribution in [0.2, 0.25) is 0 Å². The molecule has 2 heterocycles. The summed E-state index contributed by atoms with van der Waals surface area (Å²) in [7, 11) is 2.94. The molecule has 37 heavy (non-hydrogen) atoms. The lowest BCUT2D eigenvalue weighted by atomic mass is 10.0. The summed E-state index contributed by atoms with van der Waals surface area (Å²) in [6.07, 6.45) is 3.81. The summed E-state index contributed by atoms with van der Waals surface area (Å²) < 4.78 is 14.8. The number of pyridine rings is 1. The van der Waals surface area contributed by atoms with Gasteiger partial charge in [-0.15, -0.1) is 0 Å². The average Bonchev–Trinajstić information content (AvgIpc) is 3.28. The highest BCUT2D eigenvalue weighted by Gasteiger charge is 2.37. The third-order valence-electron chi connectivity index (χ3n) is 5.57. The highest BCUT2D eigenvalue weighted by Crippen LogP contribution is 2.39. The second-order valence-corrected chi connectivity index (χ2v) is 9.28. The lowest BCUT2D eigenvalue weighted by Gasteiger charge is -2.32. The van der Waals surface area contributed by atoms with Crippen LogP contribution in [0.1, 0.15) is 52.0 Å². The quantitative estimate of drug-likeness (QED) is 0.343. The van der Waals surface area contributed by atoms with Crippen molar-refractivity contribution in [2.24, 2.45) is 11.7 Å². The van der Waals surface area contributed by atoms with E-state index in [1.54, 1.807) is 30.3 Å². The predicted octanol–water partition coefficient (Wildman–Crippen LogP) is 2.79. The maximum absolute atomic E-state index is 14.1. The first-order valence-corrected chi connectivity index (χ1v) is 12.2. The van der Waals surface area contributed by atoms with Gasteiger partial charge >= 0.3 is 0 Å². The molecule has 1 atom stereocenters. The zero-order chi connectivity index (χ0) is 27.1. The summed E-state index contributed by atoms with van der Waals surface area (Å²) in [5.74, 6) is -0.812. The number of nitrogens with two attached hydrogens (primary N) is 2. The van der Waals surface area contributed by atoms with Gasteiger partial charge in [0, 0.05) is 25.0 Å². The summed E-state index contributed by atoms with van der Waals surface area (Å²) in [5, 5.41) is 2.93. The molecular weight excluding hydrogens is 496 g/mol. The summed E-state index contributed by atoms with van der Waals surface area (Å²) >= 11 is 0.726. The highest BCUT2D eigenvalue weighted by molar-refractivity contribution is 7.09. The second-order valence-electron chi connectivity index (χ2n) is 8.51. The lowest BCUT2D eigenvalue weighted by molar-refractivity contribution is -0.122. The Hall–Kier alpha value is -4.19. The zero-order valence-electron chi connectivity index (χ0n) is 21.1. The first kappa shape index (κ1) is 27.4. The molecule has 3 amide bonds. The van der Waals surface area contributed by atoms with Gasteiger partial charge in [0.15, 0.2) is 5.69 Å². The molecule has 5 N–H and O–H groups in total. The lowest BCUT2D eigenvalue weighted by Crippen LogP contribution is -2.44. The predicted molar refractivity (Wildman–Crippen MR) is 141 cm³/mol. The van der Waals surface area contributed by atoms with Gasteiger partial charge in [0.05, 0.1) is 25.6 Å². The van der Waals surface area contributed by atoms with Gasteiger partial charge in [0.25, 0.3) is 11.8 Å². The molecule has 196 valence electrons. The molecule has 0 saturated carbocycles. The number of nitrogens with zero attached hydrogens (tertiary/aromatic N) is 3. The molecule has 3 rings (SSSR count). The average molecular weight is 527 g/mol. The number of methoxy groups -OCH3 is 2. The van der Waals surface area contributed by atoms with Crippen LogP contribution < -0.4 is 31.2 Å². The van der Waals surface area contributed by atoms with Crippen molar-refractivity contribution < 1.29 is 23.9 Å². The number of benzene rings is 1. The van der Waals surface area contributed by atoms with Crippen LogP contribution in [0.4, 0.5) is 11.4 Å². The number of hydrogen-bond donors (Lipinski definition) is 3. The number of rotatable bonds is 11. The van der Waals surface area contributed by atoms with Crippen LogP contribution in [-0.4, -0.2) is 47.8 Å². The van der Waals surface area contributed by atoms with E-state index in [0.717, 1.165) is 18.0 Å². The fraction of sp³-hybridized carbons (Fsp3) is 0.320. The van der Waals surface area contributed by atoms with Crippen molar-refractivity contribution in [3.63, 3.8) is 0 Å². The van der Waals surface area contributed by atoms with Gasteiger partial charge in [0.2, 0.25) is 5.91 Å². The van der Waals surface area contributed by atoms with Gasteiger partial charge in [-0.3, -0.25) is 24.3 Å². The molecule has 12 heteroatoms. The molecule has 0 fully saturated rings. The molecule has 2 aromatic heterocycles. The van der Waals surface area contributed by atoms with E-state index in [0.29, 0.717) is 23.8 Å². The maximum atomic E-state index is 14.1. The third kappa shape index (κ3) is 6.15. The fourth-order valence-electron chi connectivity index (χ4n) is 3.63. The monoisotopic (exact) mass is 526 g/mol. The minimum absolute atomic E-state index is 0.0410. The van der Waals surface area contributed by atoms with E-state index in [1.807, 2.05) is 13.8 Å². The summed E-state index contributed by atoms with van der Waals surface area (Å²) in [4.78, 5) is 44.8. The molecular formula is C25H30N6O5S. The van der Waals surface area contributed by atoms with Crippen LogP contribution in [0.5, 0.6) is 11.5 Å². The van der Waals surface area contributed by atoms with Gasteiger partial charge < -0.3 is 26.3 Å². The second kappa shape index (κ2) is 12.2. The Kier molecular flexibility index (Phi) is 9.01. The van der Waals surface area contributed by atoms with E-state index in [-0.39, 0.29) is 27.7 Å². The minimum Gasteiger partial charge on any atom is -0.497 e. The van der Waals surface area contributed by atoms with Crippen molar-refractivity contribution in [1.29, 1.82) is 0 Å². The van der Waals surface area contributed by atoms with E-state index in [2.05, 4.69) is 14.7 Å². The molecule has 11 nitrogen and oxygen atoms in total. The van der Waals surface area contributed by atoms with Crippen LogP contribution in [0.15, 0.2) is 42.7 Å². The molecule has 3 aromatic rings. The Bertz CT molecular complexity index is 1260. The Morgan fingerprint density at radius 1 is 1.11 bits per heavy atom. The van der Waals surface area contributed by atoms with Crippen LogP contribution in [0, 0.1) is 5.92 Å². The number of carbonyl (C=O) groups is 3. The number of nitrogen functional groups attached to an aromatic ring is 1. The first-order valence-electron chi connectivity index (χ1n) is 11.5. The molecule has 0 aliphatic carbocycles. The SMILES string of the molecule is COc1ccc(N(C(=O)c2snc(C(N)=O)c2N)C(C(=O)NCCC(C)C)c2ccncc2)c(OC)c1. The maximum Gasteiger partial charge on any atom is 0.273 e.